The number of carbonyl (C=O) groups excluding carboxylic acids is 1. The highest BCUT2D eigenvalue weighted by Gasteiger charge is 2.57. The monoisotopic (exact) mass is 343 g/mol. The maximum absolute atomic E-state index is 12.2. The summed E-state index contributed by atoms with van der Waals surface area (Å²) in [6.07, 6.45) is -0.913. The highest BCUT2D eigenvalue weighted by molar-refractivity contribution is 5.74. The van der Waals surface area contributed by atoms with Gasteiger partial charge in [0.25, 0.3) is 0 Å². The molecule has 3 saturated heterocycles. The number of hydrogen-bond acceptors (Lipinski definition) is 6. The van der Waals surface area contributed by atoms with E-state index in [9.17, 15) is 4.79 Å². The average Bonchev–Trinajstić information content (AvgIpc) is 3.02. The minimum Gasteiger partial charge on any atom is -0.354 e. The summed E-state index contributed by atoms with van der Waals surface area (Å²) in [4.78, 5) is 14.0. The molecule has 0 N–H and O–H groups in total. The number of hydrogen-bond donors (Lipinski definition) is 0. The van der Waals surface area contributed by atoms with Gasteiger partial charge in [0, 0.05) is 6.92 Å². The number of nitrogens with zero attached hydrogens (tertiary/aromatic N) is 1. The molecule has 0 aromatic carbocycles. The van der Waals surface area contributed by atoms with Crippen LogP contribution in [0.25, 0.3) is 0 Å². The van der Waals surface area contributed by atoms with Crippen LogP contribution in [-0.2, 0) is 28.5 Å². The molecule has 0 aromatic heterocycles. The van der Waals surface area contributed by atoms with Gasteiger partial charge < -0.3 is 28.6 Å². The molecule has 0 saturated carbocycles. The van der Waals surface area contributed by atoms with Crippen molar-refractivity contribution in [3.05, 3.63) is 0 Å². The molecular formula is C17H29NO6. The molecule has 3 fully saturated rings. The standard InChI is InChI=1S/C17H29NO6/c1-10(19)18-11(8-20-15(18,2)3)13-14(24-17(6,7)23-13)12-9-21-16(4,5)22-12/h11-14H,8-9H2,1-7H3/t11-,12-,13-,14-/m1/s1. The largest absolute Gasteiger partial charge is 0.354 e. The van der Waals surface area contributed by atoms with Gasteiger partial charge in [0.15, 0.2) is 11.6 Å². The van der Waals surface area contributed by atoms with E-state index in [1.54, 1.807) is 11.8 Å². The second-order valence-corrected chi connectivity index (χ2v) is 8.15. The van der Waals surface area contributed by atoms with Crippen molar-refractivity contribution in [1.82, 2.24) is 4.90 Å². The maximum Gasteiger partial charge on any atom is 0.222 e. The van der Waals surface area contributed by atoms with Crippen molar-refractivity contribution in [2.45, 2.75) is 90.1 Å². The molecule has 3 heterocycles. The van der Waals surface area contributed by atoms with Crippen molar-refractivity contribution in [2.75, 3.05) is 13.2 Å². The van der Waals surface area contributed by atoms with Crippen LogP contribution in [0.5, 0.6) is 0 Å². The Morgan fingerprint density at radius 3 is 2.04 bits per heavy atom. The minimum atomic E-state index is -0.749. The Balaban J connectivity index is 1.86. The third kappa shape index (κ3) is 3.20. The zero-order valence-electron chi connectivity index (χ0n) is 15.6. The maximum atomic E-state index is 12.2. The first-order valence-corrected chi connectivity index (χ1v) is 8.53. The summed E-state index contributed by atoms with van der Waals surface area (Å²) >= 11 is 0. The zero-order chi connectivity index (χ0) is 17.9. The van der Waals surface area contributed by atoms with E-state index in [1.807, 2.05) is 41.5 Å². The molecule has 3 rings (SSSR count). The van der Waals surface area contributed by atoms with E-state index in [0.29, 0.717) is 13.2 Å². The van der Waals surface area contributed by atoms with Crippen LogP contribution in [0, 0.1) is 0 Å². The lowest BCUT2D eigenvalue weighted by Crippen LogP contribution is -2.55. The molecule has 4 atom stereocenters. The van der Waals surface area contributed by atoms with E-state index < -0.39 is 17.3 Å². The summed E-state index contributed by atoms with van der Waals surface area (Å²) in [5, 5.41) is 0. The Labute approximate surface area is 143 Å². The quantitative estimate of drug-likeness (QED) is 0.759. The SMILES string of the molecule is CC(=O)N1[C@@H]([C@H]2OC(C)(C)O[C@@H]2[C@H]2COC(C)(C)O2)COC1(C)C. The van der Waals surface area contributed by atoms with Crippen molar-refractivity contribution < 1.29 is 28.5 Å². The first kappa shape index (κ1) is 18.1. The molecule has 0 spiro atoms. The van der Waals surface area contributed by atoms with E-state index in [-0.39, 0.29) is 30.3 Å². The summed E-state index contributed by atoms with van der Waals surface area (Å²) < 4.78 is 29.8. The van der Waals surface area contributed by atoms with Gasteiger partial charge in [-0.15, -0.1) is 0 Å². The molecule has 0 aromatic rings. The van der Waals surface area contributed by atoms with Gasteiger partial charge in [-0.05, 0) is 41.5 Å². The van der Waals surface area contributed by atoms with Crippen molar-refractivity contribution in [2.24, 2.45) is 0 Å². The van der Waals surface area contributed by atoms with Gasteiger partial charge in [0.1, 0.15) is 24.0 Å². The van der Waals surface area contributed by atoms with Gasteiger partial charge in [0.05, 0.1) is 19.3 Å². The Hall–Kier alpha value is -0.730. The van der Waals surface area contributed by atoms with Crippen LogP contribution >= 0.6 is 0 Å². The fourth-order valence-electron chi connectivity index (χ4n) is 3.97. The Bertz CT molecular complexity index is 517. The summed E-state index contributed by atoms with van der Waals surface area (Å²) in [6.45, 7) is 13.7. The van der Waals surface area contributed by atoms with Gasteiger partial charge in [-0.25, -0.2) is 0 Å². The molecule has 0 radical (unpaired) electrons. The molecule has 7 nitrogen and oxygen atoms in total. The highest BCUT2D eigenvalue weighted by Crippen LogP contribution is 2.41. The molecule has 0 bridgehead atoms. The second kappa shape index (κ2) is 5.64. The predicted molar refractivity (Wildman–Crippen MR) is 85.1 cm³/mol. The number of rotatable bonds is 2. The van der Waals surface area contributed by atoms with Crippen molar-refractivity contribution >= 4 is 5.91 Å². The van der Waals surface area contributed by atoms with Gasteiger partial charge in [-0.1, -0.05) is 0 Å². The van der Waals surface area contributed by atoms with Crippen molar-refractivity contribution in [3.8, 4) is 0 Å². The lowest BCUT2D eigenvalue weighted by molar-refractivity contribution is -0.175. The fraction of sp³-hybridized carbons (Fsp3) is 0.941. The van der Waals surface area contributed by atoms with Crippen molar-refractivity contribution in [3.63, 3.8) is 0 Å². The van der Waals surface area contributed by atoms with Crippen LogP contribution in [0.2, 0.25) is 0 Å². The van der Waals surface area contributed by atoms with Crippen LogP contribution in [0.1, 0.15) is 48.5 Å². The van der Waals surface area contributed by atoms with Crippen molar-refractivity contribution in [1.29, 1.82) is 0 Å². The van der Waals surface area contributed by atoms with E-state index in [0.717, 1.165) is 0 Å². The second-order valence-electron chi connectivity index (χ2n) is 8.15. The molecular weight excluding hydrogens is 314 g/mol. The topological polar surface area (TPSA) is 66.5 Å². The van der Waals surface area contributed by atoms with E-state index in [4.69, 9.17) is 23.7 Å². The molecule has 1 amide bonds. The average molecular weight is 343 g/mol. The van der Waals surface area contributed by atoms with Crippen LogP contribution < -0.4 is 0 Å². The third-order valence-electron chi connectivity index (χ3n) is 4.80. The molecule has 0 aliphatic carbocycles. The summed E-state index contributed by atoms with van der Waals surface area (Å²) in [5.74, 6) is -1.43. The summed E-state index contributed by atoms with van der Waals surface area (Å²) in [5.41, 5.74) is -0.663. The van der Waals surface area contributed by atoms with E-state index in [1.165, 1.54) is 0 Å². The van der Waals surface area contributed by atoms with E-state index >= 15 is 0 Å². The highest BCUT2D eigenvalue weighted by atomic mass is 16.8. The normalized spacial score (nSPS) is 40.2. The Morgan fingerprint density at radius 2 is 1.50 bits per heavy atom. The van der Waals surface area contributed by atoms with E-state index in [2.05, 4.69) is 0 Å². The summed E-state index contributed by atoms with van der Waals surface area (Å²) in [7, 11) is 0. The zero-order valence-corrected chi connectivity index (χ0v) is 15.6. The lowest BCUT2D eigenvalue weighted by Gasteiger charge is -2.36. The molecule has 138 valence electrons. The third-order valence-corrected chi connectivity index (χ3v) is 4.80. The Kier molecular flexibility index (Phi) is 4.25. The van der Waals surface area contributed by atoms with Crippen LogP contribution in [0.15, 0.2) is 0 Å². The summed E-state index contributed by atoms with van der Waals surface area (Å²) in [6, 6.07) is -0.225. The van der Waals surface area contributed by atoms with Crippen LogP contribution in [-0.4, -0.2) is 65.7 Å². The lowest BCUT2D eigenvalue weighted by atomic mass is 10.00. The number of carbonyl (C=O) groups is 1. The molecule has 24 heavy (non-hydrogen) atoms. The van der Waals surface area contributed by atoms with Gasteiger partial charge in [-0.2, -0.15) is 0 Å². The number of amides is 1. The van der Waals surface area contributed by atoms with Gasteiger partial charge in [0.2, 0.25) is 5.91 Å². The smallest absolute Gasteiger partial charge is 0.222 e. The minimum absolute atomic E-state index is 0.0431. The first-order valence-electron chi connectivity index (χ1n) is 8.53. The Morgan fingerprint density at radius 1 is 0.875 bits per heavy atom. The fourth-order valence-corrected chi connectivity index (χ4v) is 3.97. The molecule has 3 aliphatic rings. The van der Waals surface area contributed by atoms with Gasteiger partial charge in [-0.3, -0.25) is 4.79 Å². The molecule has 0 unspecified atom stereocenters. The molecule has 7 heteroatoms. The van der Waals surface area contributed by atoms with Gasteiger partial charge >= 0.3 is 0 Å². The number of ether oxygens (including phenoxy) is 5. The first-order chi connectivity index (χ1) is 10.9. The van der Waals surface area contributed by atoms with Crippen LogP contribution in [0.4, 0.5) is 0 Å². The predicted octanol–water partition coefficient (Wildman–Crippen LogP) is 1.64. The molecule has 3 aliphatic heterocycles. The van der Waals surface area contributed by atoms with Crippen LogP contribution in [0.3, 0.4) is 0 Å².